The Morgan fingerprint density at radius 1 is 1.18 bits per heavy atom. The highest BCUT2D eigenvalue weighted by Crippen LogP contribution is 2.27. The molecule has 1 aromatic carbocycles. The molecule has 1 N–H and O–H groups in total. The van der Waals surface area contributed by atoms with Gasteiger partial charge in [0, 0.05) is 11.3 Å². The molecule has 0 amide bonds. The van der Waals surface area contributed by atoms with E-state index in [1.54, 1.807) is 11.3 Å². The minimum absolute atomic E-state index is 0.368. The predicted molar refractivity (Wildman–Crippen MR) is 73.5 cm³/mol. The third-order valence-electron chi connectivity index (χ3n) is 3.01. The summed E-state index contributed by atoms with van der Waals surface area (Å²) in [6, 6.07) is 10.5. The van der Waals surface area contributed by atoms with Crippen LogP contribution in [-0.4, -0.2) is 5.11 Å². The molecule has 0 aliphatic carbocycles. The summed E-state index contributed by atoms with van der Waals surface area (Å²) in [5.74, 6) is 0. The summed E-state index contributed by atoms with van der Waals surface area (Å²) in [7, 11) is 0. The first kappa shape index (κ1) is 12.3. The summed E-state index contributed by atoms with van der Waals surface area (Å²) in [5, 5.41) is 12.3. The molecule has 0 saturated heterocycles. The first-order valence-electron chi connectivity index (χ1n) is 6.00. The van der Waals surface area contributed by atoms with Gasteiger partial charge in [0.1, 0.15) is 0 Å². The molecular weight excluding hydrogens is 228 g/mol. The average molecular weight is 246 g/mol. The van der Waals surface area contributed by atoms with E-state index in [1.807, 2.05) is 0 Å². The van der Waals surface area contributed by atoms with Gasteiger partial charge in [-0.15, -0.1) is 11.3 Å². The third-order valence-corrected chi connectivity index (χ3v) is 4.07. The van der Waals surface area contributed by atoms with Crippen molar-refractivity contribution in [3.05, 3.63) is 57.3 Å². The zero-order valence-electron chi connectivity index (χ0n) is 10.3. The molecule has 0 spiro atoms. The van der Waals surface area contributed by atoms with Crippen LogP contribution < -0.4 is 0 Å². The Morgan fingerprint density at radius 2 is 1.88 bits per heavy atom. The van der Waals surface area contributed by atoms with Gasteiger partial charge in [-0.3, -0.25) is 0 Å². The van der Waals surface area contributed by atoms with E-state index in [-0.39, 0.29) is 6.10 Å². The fourth-order valence-corrected chi connectivity index (χ4v) is 2.96. The van der Waals surface area contributed by atoms with Crippen LogP contribution in [0.5, 0.6) is 0 Å². The number of aliphatic hydroxyl groups is 1. The Morgan fingerprint density at radius 3 is 2.53 bits per heavy atom. The van der Waals surface area contributed by atoms with Gasteiger partial charge in [0.15, 0.2) is 0 Å². The Labute approximate surface area is 107 Å². The molecule has 0 bridgehead atoms. The van der Waals surface area contributed by atoms with E-state index in [0.29, 0.717) is 6.42 Å². The monoisotopic (exact) mass is 246 g/mol. The summed E-state index contributed by atoms with van der Waals surface area (Å²) in [5.41, 5.74) is 3.72. The Hall–Kier alpha value is -1.12. The van der Waals surface area contributed by atoms with Crippen LogP contribution in [0.25, 0.3) is 0 Å². The first-order chi connectivity index (χ1) is 8.20. The predicted octanol–water partition coefficient (Wildman–Crippen LogP) is 3.90. The quantitative estimate of drug-likeness (QED) is 0.867. The molecule has 1 heterocycles. The molecule has 1 unspecified atom stereocenters. The van der Waals surface area contributed by atoms with Gasteiger partial charge in [-0.1, -0.05) is 36.8 Å². The minimum Gasteiger partial charge on any atom is -0.387 e. The number of aryl methyl sites for hydroxylation is 2. The molecule has 90 valence electrons. The van der Waals surface area contributed by atoms with Crippen LogP contribution in [0, 0.1) is 6.92 Å². The number of rotatable bonds is 4. The normalized spacial score (nSPS) is 12.6. The van der Waals surface area contributed by atoms with E-state index in [9.17, 15) is 5.11 Å². The van der Waals surface area contributed by atoms with Crippen LogP contribution in [0.2, 0.25) is 0 Å². The number of thiophene rings is 1. The van der Waals surface area contributed by atoms with Gasteiger partial charge in [-0.2, -0.15) is 0 Å². The Balaban J connectivity index is 2.11. The van der Waals surface area contributed by atoms with Gasteiger partial charge < -0.3 is 5.11 Å². The summed E-state index contributed by atoms with van der Waals surface area (Å²) >= 11 is 1.65. The van der Waals surface area contributed by atoms with Crippen LogP contribution in [-0.2, 0) is 12.8 Å². The van der Waals surface area contributed by atoms with E-state index >= 15 is 0 Å². The molecule has 1 nitrogen and oxygen atoms in total. The van der Waals surface area contributed by atoms with Crippen LogP contribution in [0.3, 0.4) is 0 Å². The van der Waals surface area contributed by atoms with E-state index in [0.717, 1.165) is 11.3 Å². The van der Waals surface area contributed by atoms with Crippen molar-refractivity contribution in [1.82, 2.24) is 0 Å². The van der Waals surface area contributed by atoms with Crippen molar-refractivity contribution >= 4 is 11.3 Å². The summed E-state index contributed by atoms with van der Waals surface area (Å²) in [4.78, 5) is 1.12. The highest BCUT2D eigenvalue weighted by atomic mass is 32.1. The fourth-order valence-electron chi connectivity index (χ4n) is 1.97. The molecule has 0 radical (unpaired) electrons. The smallest absolute Gasteiger partial charge is 0.0924 e. The van der Waals surface area contributed by atoms with Gasteiger partial charge in [0.2, 0.25) is 0 Å². The highest BCUT2D eigenvalue weighted by molar-refractivity contribution is 7.10. The van der Waals surface area contributed by atoms with Crippen molar-refractivity contribution in [2.24, 2.45) is 0 Å². The van der Waals surface area contributed by atoms with Crippen molar-refractivity contribution in [3.8, 4) is 0 Å². The second kappa shape index (κ2) is 5.48. The second-order valence-corrected chi connectivity index (χ2v) is 5.32. The van der Waals surface area contributed by atoms with Crippen LogP contribution >= 0.6 is 11.3 Å². The van der Waals surface area contributed by atoms with Crippen molar-refractivity contribution in [1.29, 1.82) is 0 Å². The largest absolute Gasteiger partial charge is 0.387 e. The van der Waals surface area contributed by atoms with Crippen LogP contribution in [0.1, 0.15) is 34.6 Å². The van der Waals surface area contributed by atoms with Gasteiger partial charge in [-0.05, 0) is 35.9 Å². The van der Waals surface area contributed by atoms with Gasteiger partial charge in [0.05, 0.1) is 6.10 Å². The summed E-state index contributed by atoms with van der Waals surface area (Å²) in [6.07, 6.45) is 1.32. The summed E-state index contributed by atoms with van der Waals surface area (Å²) in [6.45, 7) is 4.21. The first-order valence-corrected chi connectivity index (χ1v) is 6.88. The Bertz CT molecular complexity index is 470. The maximum Gasteiger partial charge on any atom is 0.0924 e. The molecule has 0 saturated carbocycles. The molecule has 1 aromatic heterocycles. The zero-order chi connectivity index (χ0) is 12.3. The van der Waals surface area contributed by atoms with Gasteiger partial charge in [-0.25, -0.2) is 0 Å². The van der Waals surface area contributed by atoms with Gasteiger partial charge >= 0.3 is 0 Å². The average Bonchev–Trinajstić information content (AvgIpc) is 2.80. The maximum atomic E-state index is 10.3. The molecule has 2 rings (SSSR count). The minimum atomic E-state index is -0.368. The lowest BCUT2D eigenvalue weighted by Crippen LogP contribution is -2.02. The molecule has 0 aliphatic rings. The molecule has 2 aromatic rings. The van der Waals surface area contributed by atoms with Crippen molar-refractivity contribution in [2.75, 3.05) is 0 Å². The van der Waals surface area contributed by atoms with E-state index < -0.39 is 0 Å². The number of aliphatic hydroxyl groups excluding tert-OH is 1. The molecule has 1 atom stereocenters. The van der Waals surface area contributed by atoms with Crippen molar-refractivity contribution in [3.63, 3.8) is 0 Å². The number of hydrogen-bond acceptors (Lipinski definition) is 2. The highest BCUT2D eigenvalue weighted by Gasteiger charge is 2.13. The zero-order valence-corrected chi connectivity index (χ0v) is 11.1. The lowest BCUT2D eigenvalue weighted by molar-refractivity contribution is 0.181. The topological polar surface area (TPSA) is 20.2 Å². The SMILES string of the molecule is CCc1ccsc1C(O)Cc1ccc(C)cc1. The fraction of sp³-hybridized carbons (Fsp3) is 0.333. The van der Waals surface area contributed by atoms with Gasteiger partial charge in [0.25, 0.3) is 0 Å². The lowest BCUT2D eigenvalue weighted by Gasteiger charge is -2.11. The van der Waals surface area contributed by atoms with Crippen LogP contribution in [0.15, 0.2) is 35.7 Å². The van der Waals surface area contributed by atoms with E-state index in [2.05, 4.69) is 49.6 Å². The standard InChI is InChI=1S/C15H18OS/c1-3-13-8-9-17-15(13)14(16)10-12-6-4-11(2)5-7-12/h4-9,14,16H,3,10H2,1-2H3. The molecule has 0 aliphatic heterocycles. The van der Waals surface area contributed by atoms with E-state index in [1.165, 1.54) is 16.7 Å². The lowest BCUT2D eigenvalue weighted by atomic mass is 10.0. The number of benzene rings is 1. The van der Waals surface area contributed by atoms with Crippen LogP contribution in [0.4, 0.5) is 0 Å². The van der Waals surface area contributed by atoms with Crippen molar-refractivity contribution < 1.29 is 5.11 Å². The van der Waals surface area contributed by atoms with Crippen molar-refractivity contribution in [2.45, 2.75) is 32.8 Å². The summed E-state index contributed by atoms with van der Waals surface area (Å²) < 4.78 is 0. The third kappa shape index (κ3) is 2.96. The maximum absolute atomic E-state index is 10.3. The molecular formula is C15H18OS. The molecule has 17 heavy (non-hydrogen) atoms. The number of hydrogen-bond donors (Lipinski definition) is 1. The van der Waals surface area contributed by atoms with E-state index in [4.69, 9.17) is 0 Å². The Kier molecular flexibility index (Phi) is 3.97. The molecule has 2 heteroatoms. The molecule has 0 fully saturated rings. The second-order valence-electron chi connectivity index (χ2n) is 4.37.